The lowest BCUT2D eigenvalue weighted by Gasteiger charge is -2.33. The largest absolute Gasteiger partial charge is 0.299 e. The van der Waals surface area contributed by atoms with Crippen molar-refractivity contribution in [2.24, 2.45) is 5.92 Å². The molecular weight excluding hydrogens is 184 g/mol. The predicted octanol–water partition coefficient (Wildman–Crippen LogP) is 3.03. The van der Waals surface area contributed by atoms with Gasteiger partial charge in [-0.2, -0.15) is 0 Å². The molecule has 13 heavy (non-hydrogen) atoms. The van der Waals surface area contributed by atoms with E-state index in [4.69, 9.17) is 11.6 Å². The van der Waals surface area contributed by atoms with Gasteiger partial charge < -0.3 is 0 Å². The van der Waals surface area contributed by atoms with Crippen LogP contribution in [-0.4, -0.2) is 5.78 Å². The first kappa shape index (κ1) is 8.76. The minimum Gasteiger partial charge on any atom is -0.299 e. The van der Waals surface area contributed by atoms with E-state index in [1.54, 1.807) is 0 Å². The summed E-state index contributed by atoms with van der Waals surface area (Å²) in [6, 6.07) is 7.77. The highest BCUT2D eigenvalue weighted by molar-refractivity contribution is 6.31. The smallest absolute Gasteiger partial charge is 0.136 e. The zero-order valence-electron chi connectivity index (χ0n) is 7.46. The molecule has 1 saturated carbocycles. The Morgan fingerprint density at radius 1 is 1.38 bits per heavy atom. The average molecular weight is 195 g/mol. The highest BCUT2D eigenvalue weighted by atomic mass is 35.5. The summed E-state index contributed by atoms with van der Waals surface area (Å²) in [6.45, 7) is 1.97. The van der Waals surface area contributed by atoms with Gasteiger partial charge in [-0.15, -0.1) is 0 Å². The minimum absolute atomic E-state index is 0.153. The molecule has 68 valence electrons. The Hall–Kier alpha value is -0.820. The quantitative estimate of drug-likeness (QED) is 0.672. The Morgan fingerprint density at radius 2 is 2.08 bits per heavy atom. The van der Waals surface area contributed by atoms with E-state index in [1.165, 1.54) is 0 Å². The Morgan fingerprint density at radius 3 is 2.62 bits per heavy atom. The standard InChI is InChI=1S/C11H11ClO/c1-7-9(6-11(7)13)8-4-2-3-5-10(8)12/h2-5,7,9H,6H2,1H3. The number of Topliss-reactive ketones (excluding diaryl/α,β-unsaturated/α-hetero) is 1. The third-order valence-electron chi connectivity index (χ3n) is 2.84. The van der Waals surface area contributed by atoms with Crippen molar-refractivity contribution in [3.8, 4) is 0 Å². The number of benzene rings is 1. The van der Waals surface area contributed by atoms with Crippen molar-refractivity contribution in [1.82, 2.24) is 0 Å². The van der Waals surface area contributed by atoms with Crippen molar-refractivity contribution in [3.05, 3.63) is 34.9 Å². The van der Waals surface area contributed by atoms with Crippen molar-refractivity contribution < 1.29 is 4.79 Å². The molecule has 1 aromatic carbocycles. The summed E-state index contributed by atoms with van der Waals surface area (Å²) in [5.74, 6) is 0.853. The molecule has 0 amide bonds. The summed E-state index contributed by atoms with van der Waals surface area (Å²) in [5.41, 5.74) is 1.12. The zero-order chi connectivity index (χ0) is 9.42. The maximum Gasteiger partial charge on any atom is 0.136 e. The fraction of sp³-hybridized carbons (Fsp3) is 0.364. The molecule has 1 aliphatic carbocycles. The second-order valence-corrected chi connectivity index (χ2v) is 3.99. The van der Waals surface area contributed by atoms with E-state index in [-0.39, 0.29) is 5.92 Å². The number of rotatable bonds is 1. The number of carbonyl (C=O) groups is 1. The molecule has 0 spiro atoms. The van der Waals surface area contributed by atoms with Crippen LogP contribution in [0.3, 0.4) is 0 Å². The molecule has 1 aliphatic rings. The lowest BCUT2D eigenvalue weighted by Crippen LogP contribution is -2.32. The number of halogens is 1. The second kappa shape index (κ2) is 3.15. The molecule has 0 saturated heterocycles. The normalized spacial score (nSPS) is 27.1. The van der Waals surface area contributed by atoms with Gasteiger partial charge in [0.25, 0.3) is 0 Å². The number of hydrogen-bond donors (Lipinski definition) is 0. The fourth-order valence-corrected chi connectivity index (χ4v) is 2.07. The highest BCUT2D eigenvalue weighted by Crippen LogP contribution is 2.41. The van der Waals surface area contributed by atoms with Gasteiger partial charge in [0.05, 0.1) is 0 Å². The van der Waals surface area contributed by atoms with Crippen molar-refractivity contribution in [2.75, 3.05) is 0 Å². The molecule has 2 rings (SSSR count). The summed E-state index contributed by atoms with van der Waals surface area (Å²) < 4.78 is 0. The van der Waals surface area contributed by atoms with E-state index in [0.717, 1.165) is 10.6 Å². The number of carbonyl (C=O) groups excluding carboxylic acids is 1. The fourth-order valence-electron chi connectivity index (χ4n) is 1.80. The lowest BCUT2D eigenvalue weighted by atomic mass is 9.70. The molecule has 0 bridgehead atoms. The van der Waals surface area contributed by atoms with Crippen LogP contribution in [-0.2, 0) is 4.79 Å². The molecule has 0 aromatic heterocycles. The molecule has 1 nitrogen and oxygen atoms in total. The maximum atomic E-state index is 11.1. The average Bonchev–Trinajstić information content (AvgIpc) is 2.15. The summed E-state index contributed by atoms with van der Waals surface area (Å²) >= 11 is 6.03. The topological polar surface area (TPSA) is 17.1 Å². The molecule has 1 fully saturated rings. The van der Waals surface area contributed by atoms with Gasteiger partial charge in [-0.3, -0.25) is 4.79 Å². The molecule has 2 atom stereocenters. The first-order valence-electron chi connectivity index (χ1n) is 4.47. The number of hydrogen-bond acceptors (Lipinski definition) is 1. The summed E-state index contributed by atoms with van der Waals surface area (Å²) in [7, 11) is 0. The van der Waals surface area contributed by atoms with Crippen LogP contribution >= 0.6 is 11.6 Å². The van der Waals surface area contributed by atoms with Crippen LogP contribution in [0.1, 0.15) is 24.8 Å². The van der Waals surface area contributed by atoms with Crippen LogP contribution in [0.15, 0.2) is 24.3 Å². The molecule has 1 aromatic rings. The zero-order valence-corrected chi connectivity index (χ0v) is 8.21. The summed E-state index contributed by atoms with van der Waals surface area (Å²) in [4.78, 5) is 11.1. The molecule has 2 unspecified atom stereocenters. The third-order valence-corrected chi connectivity index (χ3v) is 3.18. The van der Waals surface area contributed by atoms with E-state index in [9.17, 15) is 4.79 Å². The van der Waals surface area contributed by atoms with Crippen molar-refractivity contribution in [1.29, 1.82) is 0 Å². The van der Waals surface area contributed by atoms with Crippen LogP contribution in [0.5, 0.6) is 0 Å². The molecule has 0 N–H and O–H groups in total. The van der Waals surface area contributed by atoms with Gasteiger partial charge in [-0.25, -0.2) is 0 Å². The van der Waals surface area contributed by atoms with E-state index in [0.29, 0.717) is 18.1 Å². The van der Waals surface area contributed by atoms with Gasteiger partial charge in [0.15, 0.2) is 0 Å². The lowest BCUT2D eigenvalue weighted by molar-refractivity contribution is -0.130. The molecule has 0 radical (unpaired) electrons. The van der Waals surface area contributed by atoms with E-state index in [1.807, 2.05) is 31.2 Å². The summed E-state index contributed by atoms with van der Waals surface area (Å²) in [5, 5.41) is 0.784. The van der Waals surface area contributed by atoms with E-state index in [2.05, 4.69) is 0 Å². The predicted molar refractivity (Wildman–Crippen MR) is 53.0 cm³/mol. The van der Waals surface area contributed by atoms with Crippen molar-refractivity contribution >= 4 is 17.4 Å². The molecule has 0 aliphatic heterocycles. The minimum atomic E-state index is 0.153. The maximum absolute atomic E-state index is 11.1. The van der Waals surface area contributed by atoms with Crippen molar-refractivity contribution in [3.63, 3.8) is 0 Å². The molecule has 2 heteroatoms. The van der Waals surface area contributed by atoms with Gasteiger partial charge in [0.2, 0.25) is 0 Å². The van der Waals surface area contributed by atoms with Crippen LogP contribution in [0, 0.1) is 5.92 Å². The van der Waals surface area contributed by atoms with Gasteiger partial charge in [0, 0.05) is 23.3 Å². The SMILES string of the molecule is CC1C(=O)CC1c1ccccc1Cl. The summed E-state index contributed by atoms with van der Waals surface area (Å²) in [6.07, 6.45) is 0.658. The Kier molecular flexibility index (Phi) is 2.12. The first-order chi connectivity index (χ1) is 6.20. The van der Waals surface area contributed by atoms with Crippen LogP contribution in [0.25, 0.3) is 0 Å². The van der Waals surface area contributed by atoms with Gasteiger partial charge >= 0.3 is 0 Å². The third kappa shape index (κ3) is 1.37. The van der Waals surface area contributed by atoms with E-state index >= 15 is 0 Å². The van der Waals surface area contributed by atoms with Crippen LogP contribution in [0.2, 0.25) is 5.02 Å². The van der Waals surface area contributed by atoms with Gasteiger partial charge in [0.1, 0.15) is 5.78 Å². The first-order valence-corrected chi connectivity index (χ1v) is 4.85. The van der Waals surface area contributed by atoms with E-state index < -0.39 is 0 Å². The monoisotopic (exact) mass is 194 g/mol. The Bertz CT molecular complexity index is 346. The van der Waals surface area contributed by atoms with Crippen LogP contribution in [0.4, 0.5) is 0 Å². The van der Waals surface area contributed by atoms with Gasteiger partial charge in [-0.1, -0.05) is 36.7 Å². The van der Waals surface area contributed by atoms with Crippen LogP contribution < -0.4 is 0 Å². The molecular formula is C11H11ClO. The Labute approximate surface area is 82.7 Å². The second-order valence-electron chi connectivity index (χ2n) is 3.59. The Balaban J connectivity index is 2.27. The molecule has 0 heterocycles. The van der Waals surface area contributed by atoms with Crippen molar-refractivity contribution in [2.45, 2.75) is 19.3 Å². The number of ketones is 1. The van der Waals surface area contributed by atoms with Gasteiger partial charge in [-0.05, 0) is 11.6 Å². The highest BCUT2D eigenvalue weighted by Gasteiger charge is 2.37.